The van der Waals surface area contributed by atoms with Gasteiger partial charge in [-0.2, -0.15) is 5.26 Å². The lowest BCUT2D eigenvalue weighted by atomic mass is 9.97. The Morgan fingerprint density at radius 3 is 2.63 bits per heavy atom. The molecule has 178 valence electrons. The van der Waals surface area contributed by atoms with E-state index in [1.807, 2.05) is 49.5 Å². The molecule has 6 nitrogen and oxygen atoms in total. The highest BCUT2D eigenvalue weighted by atomic mass is 15.3. The molecular weight excluding hydrogens is 432 g/mol. The molecule has 0 radical (unpaired) electrons. The molecule has 3 heterocycles. The monoisotopic (exact) mass is 464 g/mol. The normalized spacial score (nSPS) is 15.4. The van der Waals surface area contributed by atoms with E-state index in [0.717, 1.165) is 64.9 Å². The summed E-state index contributed by atoms with van der Waals surface area (Å²) in [5, 5.41) is 13.0. The third-order valence-electron chi connectivity index (χ3n) is 6.37. The van der Waals surface area contributed by atoms with Crippen LogP contribution in [0, 0.1) is 18.3 Å². The minimum atomic E-state index is 0.422. The molecule has 2 aromatic heterocycles. The lowest BCUT2D eigenvalue weighted by Gasteiger charge is -2.42. The number of piperazine rings is 1. The van der Waals surface area contributed by atoms with Crippen LogP contribution in [0.4, 0.5) is 11.5 Å². The highest BCUT2D eigenvalue weighted by Gasteiger charge is 2.23. The first-order chi connectivity index (χ1) is 16.8. The number of anilines is 2. The van der Waals surface area contributed by atoms with Crippen molar-refractivity contribution in [2.75, 3.05) is 29.9 Å². The summed E-state index contributed by atoms with van der Waals surface area (Å²) < 4.78 is 0. The zero-order valence-electron chi connectivity index (χ0n) is 20.8. The van der Waals surface area contributed by atoms with E-state index in [9.17, 15) is 5.26 Å². The summed E-state index contributed by atoms with van der Waals surface area (Å²) >= 11 is 0. The van der Waals surface area contributed by atoms with Crippen LogP contribution in [0.5, 0.6) is 0 Å². The van der Waals surface area contributed by atoms with Gasteiger partial charge in [-0.25, -0.2) is 4.98 Å². The van der Waals surface area contributed by atoms with Crippen LogP contribution in [-0.2, 0) is 6.42 Å². The lowest BCUT2D eigenvalue weighted by molar-refractivity contribution is 0.244. The number of rotatable bonds is 7. The number of allylic oxidation sites excluding steroid dienone is 2. The van der Waals surface area contributed by atoms with Gasteiger partial charge >= 0.3 is 0 Å². The van der Waals surface area contributed by atoms with E-state index in [0.29, 0.717) is 18.0 Å². The van der Waals surface area contributed by atoms with Crippen LogP contribution in [0.2, 0.25) is 0 Å². The minimum absolute atomic E-state index is 0.422. The number of nitrogens with zero attached hydrogens (tertiary/aromatic N) is 5. The van der Waals surface area contributed by atoms with E-state index >= 15 is 0 Å². The largest absolute Gasteiger partial charge is 0.369 e. The molecule has 0 unspecified atom stereocenters. The van der Waals surface area contributed by atoms with Gasteiger partial charge in [0, 0.05) is 55.4 Å². The first-order valence-corrected chi connectivity index (χ1v) is 11.9. The molecule has 3 aromatic rings. The van der Waals surface area contributed by atoms with Gasteiger partial charge in [0.1, 0.15) is 5.82 Å². The average Bonchev–Trinajstić information content (AvgIpc) is 2.84. The number of aryl methyl sites for hydroxylation is 1. The molecule has 0 amide bonds. The maximum atomic E-state index is 9.71. The molecule has 1 atom stereocenters. The summed E-state index contributed by atoms with van der Waals surface area (Å²) in [7, 11) is 0. The van der Waals surface area contributed by atoms with Gasteiger partial charge in [-0.3, -0.25) is 4.98 Å². The Balaban J connectivity index is 1.38. The molecule has 0 aliphatic carbocycles. The highest BCUT2D eigenvalue weighted by molar-refractivity contribution is 5.71. The van der Waals surface area contributed by atoms with Crippen molar-refractivity contribution in [2.24, 2.45) is 0 Å². The Morgan fingerprint density at radius 1 is 1.14 bits per heavy atom. The third-order valence-corrected chi connectivity index (χ3v) is 6.37. The lowest BCUT2D eigenvalue weighted by Crippen LogP contribution is -2.50. The SMILES string of the molecule is C=C(Cc1ccc(-c2ccnc(C)c2)c(C#N)c1)Nc1ccc(N2CCN(C(=C)C)[C@@H](C)C2)cn1. The molecular formula is C29H32N6. The van der Waals surface area contributed by atoms with Crippen LogP contribution in [0.1, 0.15) is 30.7 Å². The van der Waals surface area contributed by atoms with Crippen molar-refractivity contribution in [3.05, 3.63) is 96.2 Å². The van der Waals surface area contributed by atoms with E-state index in [-0.39, 0.29) is 0 Å². The zero-order chi connectivity index (χ0) is 24.9. The Labute approximate surface area is 208 Å². The number of hydrogen-bond acceptors (Lipinski definition) is 6. The predicted molar refractivity (Wildman–Crippen MR) is 143 cm³/mol. The first kappa shape index (κ1) is 24.0. The third kappa shape index (κ3) is 5.70. The molecule has 6 heteroatoms. The molecule has 0 saturated carbocycles. The molecule has 1 aliphatic heterocycles. The fourth-order valence-electron chi connectivity index (χ4n) is 4.64. The summed E-state index contributed by atoms with van der Waals surface area (Å²) in [6.07, 6.45) is 4.29. The number of benzene rings is 1. The molecule has 35 heavy (non-hydrogen) atoms. The van der Waals surface area contributed by atoms with Crippen LogP contribution in [0.15, 0.2) is 79.4 Å². The van der Waals surface area contributed by atoms with E-state index in [1.54, 1.807) is 6.20 Å². The van der Waals surface area contributed by atoms with E-state index in [2.05, 4.69) is 64.2 Å². The van der Waals surface area contributed by atoms with Crippen LogP contribution in [0.3, 0.4) is 0 Å². The van der Waals surface area contributed by atoms with Gasteiger partial charge in [-0.15, -0.1) is 0 Å². The number of aromatic nitrogens is 2. The number of nitrogens with one attached hydrogen (secondary N) is 1. The topological polar surface area (TPSA) is 68.1 Å². The van der Waals surface area contributed by atoms with Crippen molar-refractivity contribution in [3.63, 3.8) is 0 Å². The molecule has 0 spiro atoms. The van der Waals surface area contributed by atoms with E-state index < -0.39 is 0 Å². The Hall–Kier alpha value is -4.11. The van der Waals surface area contributed by atoms with Gasteiger partial charge in [0.25, 0.3) is 0 Å². The summed E-state index contributed by atoms with van der Waals surface area (Å²) in [5.41, 5.74) is 7.57. The van der Waals surface area contributed by atoms with E-state index in [4.69, 9.17) is 0 Å². The quantitative estimate of drug-likeness (QED) is 0.495. The van der Waals surface area contributed by atoms with Crippen molar-refractivity contribution >= 4 is 11.5 Å². The fraction of sp³-hybridized carbons (Fsp3) is 0.276. The van der Waals surface area contributed by atoms with Crippen LogP contribution < -0.4 is 10.2 Å². The highest BCUT2D eigenvalue weighted by Crippen LogP contribution is 2.26. The Kier molecular flexibility index (Phi) is 7.17. The van der Waals surface area contributed by atoms with Crippen LogP contribution in [0.25, 0.3) is 11.1 Å². The Morgan fingerprint density at radius 2 is 1.97 bits per heavy atom. The molecule has 4 rings (SSSR count). The summed E-state index contributed by atoms with van der Waals surface area (Å²) in [6, 6.07) is 16.7. The summed E-state index contributed by atoms with van der Waals surface area (Å²) in [5.74, 6) is 0.761. The molecule has 1 fully saturated rings. The van der Waals surface area contributed by atoms with Crippen molar-refractivity contribution in [2.45, 2.75) is 33.2 Å². The Bertz CT molecular complexity index is 1270. The first-order valence-electron chi connectivity index (χ1n) is 11.9. The summed E-state index contributed by atoms with van der Waals surface area (Å²) in [6.45, 7) is 17.4. The predicted octanol–water partition coefficient (Wildman–Crippen LogP) is 5.54. The smallest absolute Gasteiger partial charge is 0.130 e. The van der Waals surface area contributed by atoms with Gasteiger partial charge in [0.05, 0.1) is 23.5 Å². The zero-order valence-corrected chi connectivity index (χ0v) is 20.8. The fourth-order valence-corrected chi connectivity index (χ4v) is 4.64. The second kappa shape index (κ2) is 10.4. The molecule has 1 N–H and O–H groups in total. The van der Waals surface area contributed by atoms with Gasteiger partial charge in [0.15, 0.2) is 0 Å². The van der Waals surface area contributed by atoms with E-state index in [1.165, 1.54) is 0 Å². The molecule has 1 aliphatic rings. The molecule has 1 saturated heterocycles. The van der Waals surface area contributed by atoms with Crippen molar-refractivity contribution < 1.29 is 0 Å². The minimum Gasteiger partial charge on any atom is -0.369 e. The second-order valence-electron chi connectivity index (χ2n) is 9.21. The summed E-state index contributed by atoms with van der Waals surface area (Å²) in [4.78, 5) is 13.6. The molecule has 1 aromatic carbocycles. The van der Waals surface area contributed by atoms with Gasteiger partial charge in [-0.1, -0.05) is 25.3 Å². The number of hydrogen-bond donors (Lipinski definition) is 1. The second-order valence-corrected chi connectivity index (χ2v) is 9.21. The van der Waals surface area contributed by atoms with Crippen molar-refractivity contribution in [3.8, 4) is 17.2 Å². The van der Waals surface area contributed by atoms with Gasteiger partial charge < -0.3 is 15.1 Å². The van der Waals surface area contributed by atoms with Crippen molar-refractivity contribution in [1.29, 1.82) is 5.26 Å². The molecule has 0 bridgehead atoms. The standard InChI is InChI=1S/C29H32N6/c1-20(2)35-13-12-34(19-23(35)5)27-7-9-29(32-18-27)33-22(4)14-24-6-8-28(26(16-24)17-30)25-10-11-31-21(3)15-25/h6-11,15-16,18,23H,1,4,12-14,19H2,2-3,5H3,(H,32,33)/t23-/m0/s1. The number of nitriles is 1. The van der Waals surface area contributed by atoms with Gasteiger partial charge in [0.2, 0.25) is 0 Å². The maximum absolute atomic E-state index is 9.71. The average molecular weight is 465 g/mol. The van der Waals surface area contributed by atoms with Crippen LogP contribution in [-0.4, -0.2) is 40.5 Å². The van der Waals surface area contributed by atoms with Gasteiger partial charge in [-0.05, 0) is 67.8 Å². The number of pyridine rings is 2. The van der Waals surface area contributed by atoms with Crippen LogP contribution >= 0.6 is 0 Å². The maximum Gasteiger partial charge on any atom is 0.130 e. The van der Waals surface area contributed by atoms with Crippen molar-refractivity contribution in [1.82, 2.24) is 14.9 Å².